The summed E-state index contributed by atoms with van der Waals surface area (Å²) in [6.07, 6.45) is 4.85. The van der Waals surface area contributed by atoms with Crippen LogP contribution in [0.4, 0.5) is 5.13 Å². The summed E-state index contributed by atoms with van der Waals surface area (Å²) in [7, 11) is 0. The summed E-state index contributed by atoms with van der Waals surface area (Å²) < 4.78 is 0. The average molecular weight is 294 g/mol. The Morgan fingerprint density at radius 2 is 2.21 bits per heavy atom. The van der Waals surface area contributed by atoms with Crippen molar-refractivity contribution >= 4 is 33.7 Å². The van der Waals surface area contributed by atoms with Gasteiger partial charge < -0.3 is 0 Å². The number of nitrogens with zero attached hydrogens (tertiary/aromatic N) is 1. The third-order valence-corrected chi connectivity index (χ3v) is 4.90. The number of amides is 1. The molecule has 0 aliphatic carbocycles. The maximum Gasteiger partial charge on any atom is 0.258 e. The van der Waals surface area contributed by atoms with Crippen molar-refractivity contribution < 1.29 is 4.79 Å². The number of rotatable bonds is 5. The standard InChI is InChI=1S/C14H18N2OS2/c1-4-6-10-7-15-14(19-10)16-13(17)12-8-18-9(3)11(12)5-2/h7-8H,4-6H2,1-3H3,(H,15,16,17). The highest BCUT2D eigenvalue weighted by atomic mass is 32.1. The number of aromatic nitrogens is 1. The molecule has 1 amide bonds. The summed E-state index contributed by atoms with van der Waals surface area (Å²) in [6, 6.07) is 0. The molecule has 2 heterocycles. The van der Waals surface area contributed by atoms with E-state index in [1.807, 2.05) is 11.6 Å². The van der Waals surface area contributed by atoms with Crippen LogP contribution in [0.3, 0.4) is 0 Å². The first-order valence-corrected chi connectivity index (χ1v) is 8.18. The van der Waals surface area contributed by atoms with Gasteiger partial charge in [0.25, 0.3) is 5.91 Å². The third kappa shape index (κ3) is 3.22. The molecular weight excluding hydrogens is 276 g/mol. The van der Waals surface area contributed by atoms with Gasteiger partial charge in [-0.15, -0.1) is 22.7 Å². The molecule has 0 aliphatic rings. The zero-order chi connectivity index (χ0) is 13.8. The fourth-order valence-corrected chi connectivity index (χ4v) is 3.85. The molecule has 19 heavy (non-hydrogen) atoms. The number of anilines is 1. The van der Waals surface area contributed by atoms with Gasteiger partial charge >= 0.3 is 0 Å². The van der Waals surface area contributed by atoms with Gasteiger partial charge in [-0.05, 0) is 25.3 Å². The first kappa shape index (κ1) is 14.2. The van der Waals surface area contributed by atoms with E-state index in [1.165, 1.54) is 9.75 Å². The monoisotopic (exact) mass is 294 g/mol. The lowest BCUT2D eigenvalue weighted by atomic mass is 10.1. The van der Waals surface area contributed by atoms with Crippen LogP contribution in [-0.2, 0) is 12.8 Å². The molecule has 0 saturated carbocycles. The van der Waals surface area contributed by atoms with E-state index in [9.17, 15) is 4.79 Å². The van der Waals surface area contributed by atoms with Crippen molar-refractivity contribution in [3.05, 3.63) is 32.5 Å². The zero-order valence-electron chi connectivity index (χ0n) is 11.4. The predicted molar refractivity (Wildman–Crippen MR) is 82.5 cm³/mol. The highest BCUT2D eigenvalue weighted by Crippen LogP contribution is 2.25. The number of hydrogen-bond donors (Lipinski definition) is 1. The molecule has 1 N–H and O–H groups in total. The molecule has 0 aromatic carbocycles. The van der Waals surface area contributed by atoms with Gasteiger partial charge in [-0.3, -0.25) is 10.1 Å². The molecular formula is C14H18N2OS2. The van der Waals surface area contributed by atoms with Gasteiger partial charge in [0.1, 0.15) is 0 Å². The predicted octanol–water partition coefficient (Wildman–Crippen LogP) is 4.28. The molecule has 0 aliphatic heterocycles. The molecule has 0 fully saturated rings. The van der Waals surface area contributed by atoms with E-state index >= 15 is 0 Å². The summed E-state index contributed by atoms with van der Waals surface area (Å²) in [5, 5.41) is 5.53. The van der Waals surface area contributed by atoms with E-state index in [1.54, 1.807) is 22.7 Å². The second-order valence-corrected chi connectivity index (χ2v) is 6.57. The molecule has 2 aromatic heterocycles. The Labute approximate surface area is 121 Å². The Morgan fingerprint density at radius 1 is 1.42 bits per heavy atom. The van der Waals surface area contributed by atoms with Crippen molar-refractivity contribution in [3.63, 3.8) is 0 Å². The maximum atomic E-state index is 12.2. The number of thiazole rings is 1. The number of thiophene rings is 1. The minimum atomic E-state index is -0.0430. The van der Waals surface area contributed by atoms with Gasteiger partial charge in [0.2, 0.25) is 0 Å². The number of carbonyl (C=O) groups excluding carboxylic acids is 1. The lowest BCUT2D eigenvalue weighted by Crippen LogP contribution is -2.12. The Morgan fingerprint density at radius 3 is 2.89 bits per heavy atom. The van der Waals surface area contributed by atoms with Crippen molar-refractivity contribution in [1.29, 1.82) is 0 Å². The molecule has 3 nitrogen and oxygen atoms in total. The highest BCUT2D eigenvalue weighted by Gasteiger charge is 2.15. The SMILES string of the molecule is CCCc1cnc(NC(=O)c2csc(C)c2CC)s1. The summed E-state index contributed by atoms with van der Waals surface area (Å²) in [4.78, 5) is 18.9. The van der Waals surface area contributed by atoms with E-state index in [2.05, 4.69) is 31.1 Å². The largest absolute Gasteiger partial charge is 0.298 e. The molecule has 0 atom stereocenters. The van der Waals surface area contributed by atoms with Crippen LogP contribution in [0.25, 0.3) is 0 Å². The van der Waals surface area contributed by atoms with Crippen LogP contribution >= 0.6 is 22.7 Å². The molecule has 102 valence electrons. The van der Waals surface area contributed by atoms with E-state index < -0.39 is 0 Å². The van der Waals surface area contributed by atoms with Gasteiger partial charge in [0.05, 0.1) is 5.56 Å². The van der Waals surface area contributed by atoms with Crippen LogP contribution in [-0.4, -0.2) is 10.9 Å². The third-order valence-electron chi connectivity index (χ3n) is 2.97. The van der Waals surface area contributed by atoms with Gasteiger partial charge in [-0.2, -0.15) is 0 Å². The maximum absolute atomic E-state index is 12.2. The summed E-state index contributed by atoms with van der Waals surface area (Å²) in [6.45, 7) is 6.28. The Balaban J connectivity index is 2.11. The molecule has 0 saturated heterocycles. The summed E-state index contributed by atoms with van der Waals surface area (Å²) >= 11 is 3.19. The number of aryl methyl sites for hydroxylation is 2. The quantitative estimate of drug-likeness (QED) is 0.894. The molecule has 2 aromatic rings. The second kappa shape index (κ2) is 6.30. The lowest BCUT2D eigenvalue weighted by Gasteiger charge is -2.02. The lowest BCUT2D eigenvalue weighted by molar-refractivity contribution is 0.102. The van der Waals surface area contributed by atoms with Crippen LogP contribution in [0.1, 0.15) is 45.9 Å². The summed E-state index contributed by atoms with van der Waals surface area (Å²) in [5.74, 6) is -0.0430. The minimum Gasteiger partial charge on any atom is -0.298 e. The second-order valence-electron chi connectivity index (χ2n) is 4.37. The Kier molecular flexibility index (Phi) is 4.71. The van der Waals surface area contributed by atoms with Crippen molar-refractivity contribution in [1.82, 2.24) is 4.98 Å². The van der Waals surface area contributed by atoms with Crippen molar-refractivity contribution in [2.24, 2.45) is 0 Å². The topological polar surface area (TPSA) is 42.0 Å². The van der Waals surface area contributed by atoms with Gasteiger partial charge in [0, 0.05) is 21.3 Å². The zero-order valence-corrected chi connectivity index (χ0v) is 13.1. The molecule has 2 rings (SSSR count). The molecule has 0 radical (unpaired) electrons. The molecule has 0 spiro atoms. The Bertz CT molecular complexity index is 572. The van der Waals surface area contributed by atoms with Crippen molar-refractivity contribution in [2.75, 3.05) is 5.32 Å². The van der Waals surface area contributed by atoms with Gasteiger partial charge in [0.15, 0.2) is 5.13 Å². The van der Waals surface area contributed by atoms with E-state index in [0.29, 0.717) is 5.13 Å². The van der Waals surface area contributed by atoms with Crippen molar-refractivity contribution in [3.8, 4) is 0 Å². The van der Waals surface area contributed by atoms with E-state index in [4.69, 9.17) is 0 Å². The van der Waals surface area contributed by atoms with Crippen LogP contribution in [0, 0.1) is 6.92 Å². The van der Waals surface area contributed by atoms with Crippen LogP contribution < -0.4 is 5.32 Å². The minimum absolute atomic E-state index is 0.0430. The van der Waals surface area contributed by atoms with Crippen LogP contribution in [0.5, 0.6) is 0 Å². The molecule has 5 heteroatoms. The summed E-state index contributed by atoms with van der Waals surface area (Å²) in [5.41, 5.74) is 1.94. The smallest absolute Gasteiger partial charge is 0.258 e. The number of hydrogen-bond acceptors (Lipinski definition) is 4. The average Bonchev–Trinajstić information content (AvgIpc) is 2.96. The van der Waals surface area contributed by atoms with Gasteiger partial charge in [-0.1, -0.05) is 20.3 Å². The molecule has 0 unspecified atom stereocenters. The number of nitrogens with one attached hydrogen (secondary N) is 1. The molecule has 0 bridgehead atoms. The van der Waals surface area contributed by atoms with Crippen LogP contribution in [0.15, 0.2) is 11.6 Å². The first-order valence-electron chi connectivity index (χ1n) is 6.48. The van der Waals surface area contributed by atoms with Crippen LogP contribution in [0.2, 0.25) is 0 Å². The van der Waals surface area contributed by atoms with Crippen molar-refractivity contribution in [2.45, 2.75) is 40.0 Å². The van der Waals surface area contributed by atoms with E-state index in [0.717, 1.165) is 30.4 Å². The fourth-order valence-electron chi connectivity index (χ4n) is 2.00. The normalized spacial score (nSPS) is 10.7. The number of carbonyl (C=O) groups is 1. The van der Waals surface area contributed by atoms with Gasteiger partial charge in [-0.25, -0.2) is 4.98 Å². The fraction of sp³-hybridized carbons (Fsp3) is 0.429. The highest BCUT2D eigenvalue weighted by molar-refractivity contribution is 7.15. The Hall–Kier alpha value is -1.20. The van der Waals surface area contributed by atoms with E-state index in [-0.39, 0.29) is 5.91 Å². The first-order chi connectivity index (χ1) is 9.15.